The molecule has 0 unspecified atom stereocenters. The third-order valence-electron chi connectivity index (χ3n) is 6.55. The number of rotatable bonds is 3. The molecule has 7 rings (SSSR count). The predicted octanol–water partition coefficient (Wildman–Crippen LogP) is 8.32. The molecule has 5 heteroatoms. The molecule has 1 aliphatic heterocycles. The van der Waals surface area contributed by atoms with E-state index in [9.17, 15) is 0 Å². The van der Waals surface area contributed by atoms with E-state index in [1.807, 2.05) is 67.7 Å². The second-order valence-corrected chi connectivity index (χ2v) is 9.55. The molecule has 39 heavy (non-hydrogen) atoms. The minimum atomic E-state index is 0. The monoisotopic (exact) mass is 686 g/mol. The third-order valence-corrected chi connectivity index (χ3v) is 6.55. The first kappa shape index (κ1) is 26.5. The molecular weight excluding hydrogens is 659 g/mol. The Kier molecular flexibility index (Phi) is 7.67. The molecule has 1 radical (unpaired) electrons. The third kappa shape index (κ3) is 5.13. The van der Waals surface area contributed by atoms with E-state index in [4.69, 9.17) is 4.42 Å². The summed E-state index contributed by atoms with van der Waals surface area (Å²) in [4.78, 5) is 4.32. The van der Waals surface area contributed by atoms with Crippen molar-refractivity contribution in [3.63, 3.8) is 0 Å². The van der Waals surface area contributed by atoms with E-state index in [2.05, 4.69) is 88.6 Å². The number of pyridine rings is 1. The fourth-order valence-electron chi connectivity index (χ4n) is 4.66. The molecule has 193 valence electrons. The van der Waals surface area contributed by atoms with Gasteiger partial charge in [-0.2, -0.15) is 12.1 Å². The standard InChI is InChI=1S/C22H17N2O.C12H10N.Ir/c1-15(2)23-14-24(19-11-5-4-10-18(19)23)20-12-7-9-17-16-8-3-6-13-21(16)25-22(17)20;1-10-7-8-12(13-9-10)11-5-3-2-4-6-11;/h3-11,13,15H,1-2H3;2-5,7-9H,1H3;/q+1;-1;. The van der Waals surface area contributed by atoms with Gasteiger partial charge in [-0.25, -0.2) is 0 Å². The van der Waals surface area contributed by atoms with Crippen LogP contribution in [-0.4, -0.2) is 21.6 Å². The molecule has 1 aliphatic rings. The second-order valence-electron chi connectivity index (χ2n) is 9.55. The van der Waals surface area contributed by atoms with Crippen molar-refractivity contribution in [2.45, 2.75) is 26.8 Å². The summed E-state index contributed by atoms with van der Waals surface area (Å²) in [6.45, 7) is 6.36. The molecule has 2 aromatic heterocycles. The van der Waals surface area contributed by atoms with Gasteiger partial charge in [-0.15, -0.1) is 42.0 Å². The van der Waals surface area contributed by atoms with Crippen molar-refractivity contribution < 1.29 is 29.1 Å². The fourth-order valence-corrected chi connectivity index (χ4v) is 4.66. The minimum Gasteiger partial charge on any atom is -0.509 e. The van der Waals surface area contributed by atoms with Gasteiger partial charge in [0.05, 0.1) is 5.58 Å². The molecule has 0 N–H and O–H groups in total. The van der Waals surface area contributed by atoms with Gasteiger partial charge in [0.25, 0.3) is 11.4 Å². The molecule has 0 fully saturated rings. The average Bonchev–Trinajstić information content (AvgIpc) is 3.54. The van der Waals surface area contributed by atoms with Crippen LogP contribution in [0.5, 0.6) is 0 Å². The first-order chi connectivity index (χ1) is 18.6. The SMILES string of the molecule is CC(C)[N+]1=C=[N+](c2[c-]ccc3c2oc2ccccc23)c2ccccc21.Cc1ccc(-c2[c-]cccc2)nc1.[Ir]. The maximum atomic E-state index is 6.18. The van der Waals surface area contributed by atoms with Crippen LogP contribution in [0.25, 0.3) is 33.2 Å². The largest absolute Gasteiger partial charge is 0.509 e. The van der Waals surface area contributed by atoms with Gasteiger partial charge >= 0.3 is 6.01 Å². The zero-order valence-electron chi connectivity index (χ0n) is 22.0. The van der Waals surface area contributed by atoms with Crippen LogP contribution in [0.15, 0.2) is 108 Å². The van der Waals surface area contributed by atoms with Crippen molar-refractivity contribution in [1.29, 1.82) is 0 Å². The van der Waals surface area contributed by atoms with Crippen LogP contribution in [-0.2, 0) is 20.1 Å². The Morgan fingerprint density at radius 2 is 1.56 bits per heavy atom. The number of nitrogens with zero attached hydrogens (tertiary/aromatic N) is 3. The zero-order chi connectivity index (χ0) is 26.1. The summed E-state index contributed by atoms with van der Waals surface area (Å²) in [5, 5.41) is 2.23. The van der Waals surface area contributed by atoms with Crippen molar-refractivity contribution in [3.05, 3.63) is 121 Å². The van der Waals surface area contributed by atoms with Gasteiger partial charge in [0.2, 0.25) is 0 Å². The summed E-state index contributed by atoms with van der Waals surface area (Å²) >= 11 is 0. The molecule has 3 heterocycles. The Balaban J connectivity index is 0.000000187. The van der Waals surface area contributed by atoms with E-state index in [0.29, 0.717) is 6.04 Å². The Labute approximate surface area is 241 Å². The van der Waals surface area contributed by atoms with Crippen molar-refractivity contribution in [2.24, 2.45) is 0 Å². The van der Waals surface area contributed by atoms with Crippen molar-refractivity contribution in [2.75, 3.05) is 0 Å². The average molecular weight is 686 g/mol. The van der Waals surface area contributed by atoms with E-state index >= 15 is 0 Å². The Morgan fingerprint density at radius 1 is 0.795 bits per heavy atom. The van der Waals surface area contributed by atoms with Crippen LogP contribution < -0.4 is 4.58 Å². The van der Waals surface area contributed by atoms with Crippen LogP contribution in [0.2, 0.25) is 0 Å². The molecule has 0 spiro atoms. The molecule has 0 saturated carbocycles. The van der Waals surface area contributed by atoms with Crippen LogP contribution in [0.3, 0.4) is 0 Å². The van der Waals surface area contributed by atoms with Crippen molar-refractivity contribution >= 4 is 45.0 Å². The summed E-state index contributed by atoms with van der Waals surface area (Å²) < 4.78 is 10.4. The minimum absolute atomic E-state index is 0. The molecule has 4 nitrogen and oxygen atoms in total. The van der Waals surface area contributed by atoms with Crippen LogP contribution in [0.1, 0.15) is 19.4 Å². The fraction of sp³-hybridized carbons (Fsp3) is 0.118. The van der Waals surface area contributed by atoms with Gasteiger partial charge in [-0.1, -0.05) is 57.0 Å². The molecule has 0 bridgehead atoms. The van der Waals surface area contributed by atoms with Gasteiger partial charge in [-0.3, -0.25) is 0 Å². The summed E-state index contributed by atoms with van der Waals surface area (Å²) in [6, 6.07) is 42.7. The Hall–Kier alpha value is -4.14. The van der Waals surface area contributed by atoms with Gasteiger partial charge in [0, 0.05) is 43.8 Å². The van der Waals surface area contributed by atoms with Gasteiger partial charge in [0.15, 0.2) is 11.7 Å². The first-order valence-electron chi connectivity index (χ1n) is 12.8. The van der Waals surface area contributed by atoms with E-state index in [-0.39, 0.29) is 20.1 Å². The maximum absolute atomic E-state index is 6.18. The van der Waals surface area contributed by atoms with Crippen LogP contribution in [0.4, 0.5) is 17.1 Å². The molecule has 0 atom stereocenters. The zero-order valence-corrected chi connectivity index (χ0v) is 24.4. The Morgan fingerprint density at radius 3 is 2.31 bits per heavy atom. The van der Waals surface area contributed by atoms with Gasteiger partial charge in [-0.05, 0) is 38.1 Å². The summed E-state index contributed by atoms with van der Waals surface area (Å²) in [5.41, 5.74) is 8.08. The number of benzene rings is 4. The molecular formula is C34H27IrN3O. The summed E-state index contributed by atoms with van der Waals surface area (Å²) in [7, 11) is 0. The Bertz CT molecular complexity index is 1830. The molecule has 0 aliphatic carbocycles. The normalized spacial score (nSPS) is 11.9. The van der Waals surface area contributed by atoms with Gasteiger partial charge in [0.1, 0.15) is 5.58 Å². The summed E-state index contributed by atoms with van der Waals surface area (Å²) in [5.74, 6) is 0. The van der Waals surface area contributed by atoms with E-state index in [1.165, 1.54) is 5.56 Å². The number of hydrogen-bond donors (Lipinski definition) is 0. The number of para-hydroxylation sites is 3. The van der Waals surface area contributed by atoms with Crippen molar-refractivity contribution in [3.8, 4) is 11.3 Å². The van der Waals surface area contributed by atoms with Crippen LogP contribution >= 0.6 is 0 Å². The summed E-state index contributed by atoms with van der Waals surface area (Å²) in [6.07, 6.45) is 1.87. The van der Waals surface area contributed by atoms with E-state index in [0.717, 1.165) is 50.3 Å². The topological polar surface area (TPSA) is 32.0 Å². The number of furan rings is 1. The smallest absolute Gasteiger partial charge is 0.494 e. The van der Waals surface area contributed by atoms with Gasteiger partial charge < -0.3 is 9.40 Å². The number of aromatic nitrogens is 1. The van der Waals surface area contributed by atoms with E-state index in [1.54, 1.807) is 0 Å². The van der Waals surface area contributed by atoms with Crippen LogP contribution in [0, 0.1) is 19.1 Å². The predicted molar refractivity (Wildman–Crippen MR) is 154 cm³/mol. The van der Waals surface area contributed by atoms with E-state index < -0.39 is 0 Å². The number of fused-ring (bicyclic) bond motifs is 4. The quantitative estimate of drug-likeness (QED) is 0.139. The maximum Gasteiger partial charge on any atom is 0.494 e. The molecule has 6 aromatic rings. The first-order valence-corrected chi connectivity index (χ1v) is 12.8. The molecule has 0 saturated heterocycles. The molecule has 4 aromatic carbocycles. The number of hydrogen-bond acceptors (Lipinski definition) is 2. The second kappa shape index (κ2) is 11.3. The van der Waals surface area contributed by atoms with Crippen molar-refractivity contribution in [1.82, 2.24) is 9.56 Å². The molecule has 0 amide bonds. The number of aryl methyl sites for hydroxylation is 1.